The van der Waals surface area contributed by atoms with Gasteiger partial charge in [-0.25, -0.2) is 0 Å². The Morgan fingerprint density at radius 2 is 1.82 bits per heavy atom. The van der Waals surface area contributed by atoms with Crippen LogP contribution in [0.2, 0.25) is 0 Å². The molecule has 0 saturated heterocycles. The number of aliphatic hydroxyl groups excluding tert-OH is 2. The molecular weight excluding hydrogens is 142 g/mol. The molecule has 11 heavy (non-hydrogen) atoms. The number of hydrogen-bond donors (Lipinski definition) is 3. The van der Waals surface area contributed by atoms with E-state index in [1.807, 2.05) is 0 Å². The van der Waals surface area contributed by atoms with Crippen molar-refractivity contribution in [3.8, 4) is 0 Å². The molecule has 0 heterocycles. The standard InChI is InChI=1S/C8H19NO2/c1-2-3-4-5-7(10)8(11)6-9/h7-8,10-11H,2-6,9H2,1H3. The highest BCUT2D eigenvalue weighted by molar-refractivity contribution is 4.67. The Morgan fingerprint density at radius 3 is 2.27 bits per heavy atom. The Labute approximate surface area is 68.2 Å². The lowest BCUT2D eigenvalue weighted by Gasteiger charge is -2.15. The van der Waals surface area contributed by atoms with Gasteiger partial charge in [0.1, 0.15) is 0 Å². The van der Waals surface area contributed by atoms with Crippen LogP contribution in [0.1, 0.15) is 32.6 Å². The van der Waals surface area contributed by atoms with Crippen molar-refractivity contribution in [2.75, 3.05) is 6.54 Å². The van der Waals surface area contributed by atoms with Gasteiger partial charge in [-0.15, -0.1) is 0 Å². The first-order chi connectivity index (χ1) is 5.22. The van der Waals surface area contributed by atoms with E-state index in [1.54, 1.807) is 0 Å². The van der Waals surface area contributed by atoms with E-state index in [1.165, 1.54) is 0 Å². The fourth-order valence-corrected chi connectivity index (χ4v) is 0.953. The summed E-state index contributed by atoms with van der Waals surface area (Å²) in [5.74, 6) is 0. The highest BCUT2D eigenvalue weighted by Crippen LogP contribution is 2.05. The molecular formula is C8H19NO2. The van der Waals surface area contributed by atoms with E-state index in [0.717, 1.165) is 19.3 Å². The lowest BCUT2D eigenvalue weighted by Crippen LogP contribution is -2.32. The fourth-order valence-electron chi connectivity index (χ4n) is 0.953. The molecule has 0 aromatic carbocycles. The molecule has 0 fully saturated rings. The molecule has 4 N–H and O–H groups in total. The van der Waals surface area contributed by atoms with E-state index >= 15 is 0 Å². The zero-order valence-corrected chi connectivity index (χ0v) is 7.16. The lowest BCUT2D eigenvalue weighted by molar-refractivity contribution is 0.0189. The first-order valence-corrected chi connectivity index (χ1v) is 4.28. The lowest BCUT2D eigenvalue weighted by atomic mass is 10.1. The summed E-state index contributed by atoms with van der Waals surface area (Å²) in [6.07, 6.45) is 2.49. The fraction of sp³-hybridized carbons (Fsp3) is 1.00. The van der Waals surface area contributed by atoms with E-state index in [9.17, 15) is 5.11 Å². The van der Waals surface area contributed by atoms with Gasteiger partial charge < -0.3 is 15.9 Å². The van der Waals surface area contributed by atoms with Crippen LogP contribution < -0.4 is 5.73 Å². The Hall–Kier alpha value is -0.120. The minimum atomic E-state index is -0.744. The maximum absolute atomic E-state index is 9.21. The van der Waals surface area contributed by atoms with Crippen molar-refractivity contribution in [3.05, 3.63) is 0 Å². The zero-order valence-electron chi connectivity index (χ0n) is 7.16. The molecule has 68 valence electrons. The van der Waals surface area contributed by atoms with Gasteiger partial charge in [-0.05, 0) is 6.42 Å². The van der Waals surface area contributed by atoms with Crippen LogP contribution in [0.3, 0.4) is 0 Å². The van der Waals surface area contributed by atoms with Gasteiger partial charge in [0.05, 0.1) is 12.2 Å². The van der Waals surface area contributed by atoms with Crippen molar-refractivity contribution in [2.24, 2.45) is 5.73 Å². The van der Waals surface area contributed by atoms with Crippen molar-refractivity contribution in [1.29, 1.82) is 0 Å². The summed E-state index contributed by atoms with van der Waals surface area (Å²) in [6, 6.07) is 0. The topological polar surface area (TPSA) is 66.5 Å². The van der Waals surface area contributed by atoms with Crippen LogP contribution in [-0.4, -0.2) is 29.0 Å². The first-order valence-electron chi connectivity index (χ1n) is 4.28. The van der Waals surface area contributed by atoms with Gasteiger partial charge in [0.15, 0.2) is 0 Å². The van der Waals surface area contributed by atoms with Gasteiger partial charge in [0.25, 0.3) is 0 Å². The molecule has 0 bridgehead atoms. The molecule has 2 unspecified atom stereocenters. The summed E-state index contributed by atoms with van der Waals surface area (Å²) in [6.45, 7) is 2.25. The maximum atomic E-state index is 9.21. The molecule has 0 saturated carbocycles. The van der Waals surface area contributed by atoms with Gasteiger partial charge in [0, 0.05) is 6.54 Å². The number of rotatable bonds is 6. The van der Waals surface area contributed by atoms with Crippen LogP contribution in [0.4, 0.5) is 0 Å². The normalized spacial score (nSPS) is 16.4. The molecule has 0 aliphatic carbocycles. The van der Waals surface area contributed by atoms with Crippen molar-refractivity contribution >= 4 is 0 Å². The van der Waals surface area contributed by atoms with Gasteiger partial charge >= 0.3 is 0 Å². The largest absolute Gasteiger partial charge is 0.390 e. The van der Waals surface area contributed by atoms with Crippen LogP contribution in [0, 0.1) is 0 Å². The van der Waals surface area contributed by atoms with Gasteiger partial charge in [-0.2, -0.15) is 0 Å². The Balaban J connectivity index is 3.28. The molecule has 0 amide bonds. The summed E-state index contributed by atoms with van der Waals surface area (Å²) in [5.41, 5.74) is 5.17. The number of aliphatic hydroxyl groups is 2. The Kier molecular flexibility index (Phi) is 6.51. The summed E-state index contributed by atoms with van der Waals surface area (Å²) in [4.78, 5) is 0. The molecule has 2 atom stereocenters. The maximum Gasteiger partial charge on any atom is 0.0920 e. The predicted octanol–water partition coefficient (Wildman–Crippen LogP) is 0.247. The summed E-state index contributed by atoms with van der Waals surface area (Å²) >= 11 is 0. The van der Waals surface area contributed by atoms with Crippen molar-refractivity contribution in [1.82, 2.24) is 0 Å². The molecule has 0 aromatic rings. The molecule has 0 aliphatic rings. The smallest absolute Gasteiger partial charge is 0.0920 e. The molecule has 0 rings (SSSR count). The number of hydrogen-bond acceptors (Lipinski definition) is 3. The van der Waals surface area contributed by atoms with E-state index in [4.69, 9.17) is 10.8 Å². The van der Waals surface area contributed by atoms with Crippen LogP contribution in [-0.2, 0) is 0 Å². The van der Waals surface area contributed by atoms with Crippen molar-refractivity contribution in [2.45, 2.75) is 44.8 Å². The average molecular weight is 161 g/mol. The quantitative estimate of drug-likeness (QED) is 0.489. The third-order valence-corrected chi connectivity index (χ3v) is 1.79. The summed E-state index contributed by atoms with van der Waals surface area (Å²) in [5, 5.41) is 18.3. The number of nitrogens with two attached hydrogens (primary N) is 1. The first kappa shape index (κ1) is 10.9. The average Bonchev–Trinajstić information content (AvgIpc) is 2.03. The van der Waals surface area contributed by atoms with Gasteiger partial charge in [0.2, 0.25) is 0 Å². The van der Waals surface area contributed by atoms with Crippen LogP contribution >= 0.6 is 0 Å². The van der Waals surface area contributed by atoms with Crippen LogP contribution in [0.25, 0.3) is 0 Å². The molecule has 3 nitrogen and oxygen atoms in total. The predicted molar refractivity (Wildman–Crippen MR) is 45.2 cm³/mol. The van der Waals surface area contributed by atoms with Crippen molar-refractivity contribution in [3.63, 3.8) is 0 Å². The van der Waals surface area contributed by atoms with E-state index in [-0.39, 0.29) is 6.54 Å². The number of unbranched alkanes of at least 4 members (excludes halogenated alkanes) is 2. The van der Waals surface area contributed by atoms with E-state index in [0.29, 0.717) is 6.42 Å². The van der Waals surface area contributed by atoms with E-state index in [2.05, 4.69) is 6.92 Å². The van der Waals surface area contributed by atoms with Crippen LogP contribution in [0.15, 0.2) is 0 Å². The van der Waals surface area contributed by atoms with Crippen LogP contribution in [0.5, 0.6) is 0 Å². The molecule has 0 radical (unpaired) electrons. The monoisotopic (exact) mass is 161 g/mol. The Bertz CT molecular complexity index is 88.2. The molecule has 0 aliphatic heterocycles. The van der Waals surface area contributed by atoms with E-state index < -0.39 is 12.2 Å². The Morgan fingerprint density at radius 1 is 1.18 bits per heavy atom. The summed E-state index contributed by atoms with van der Waals surface area (Å²) < 4.78 is 0. The molecule has 3 heteroatoms. The molecule has 0 spiro atoms. The minimum Gasteiger partial charge on any atom is -0.390 e. The highest BCUT2D eigenvalue weighted by atomic mass is 16.3. The summed E-state index contributed by atoms with van der Waals surface area (Å²) in [7, 11) is 0. The van der Waals surface area contributed by atoms with Gasteiger partial charge in [-0.1, -0.05) is 26.2 Å². The zero-order chi connectivity index (χ0) is 8.69. The third kappa shape index (κ3) is 5.18. The second-order valence-corrected chi connectivity index (χ2v) is 2.87. The SMILES string of the molecule is CCCCCC(O)C(O)CN. The van der Waals surface area contributed by atoms with Gasteiger partial charge in [-0.3, -0.25) is 0 Å². The highest BCUT2D eigenvalue weighted by Gasteiger charge is 2.12. The minimum absolute atomic E-state index is 0.146. The second kappa shape index (κ2) is 6.58. The third-order valence-electron chi connectivity index (χ3n) is 1.79. The molecule has 0 aromatic heterocycles. The van der Waals surface area contributed by atoms with Crippen molar-refractivity contribution < 1.29 is 10.2 Å². The second-order valence-electron chi connectivity index (χ2n) is 2.87.